The number of methoxy groups -OCH3 is 2. The second-order valence-corrected chi connectivity index (χ2v) is 7.76. The number of halogens is 2. The molecular weight excluding hydrogens is 464 g/mol. The predicted molar refractivity (Wildman–Crippen MR) is 122 cm³/mol. The molecule has 1 saturated heterocycles. The number of fused-ring (bicyclic) bond motifs is 1. The van der Waals surface area contributed by atoms with Gasteiger partial charge in [-0.1, -0.05) is 6.58 Å². The summed E-state index contributed by atoms with van der Waals surface area (Å²) in [5.41, 5.74) is -0.586. The third-order valence-electron chi connectivity index (χ3n) is 5.63. The normalized spacial score (nSPS) is 17.6. The summed E-state index contributed by atoms with van der Waals surface area (Å²) in [6.07, 6.45) is 3.25. The molecule has 3 aromatic rings. The number of ether oxygens (including phenoxy) is 3. The molecule has 1 aliphatic rings. The molecule has 3 heterocycles. The van der Waals surface area contributed by atoms with Crippen molar-refractivity contribution in [3.8, 4) is 11.5 Å². The van der Waals surface area contributed by atoms with Gasteiger partial charge in [-0.2, -0.15) is 0 Å². The van der Waals surface area contributed by atoms with E-state index in [4.69, 9.17) is 18.6 Å². The highest BCUT2D eigenvalue weighted by Gasteiger charge is 2.29. The van der Waals surface area contributed by atoms with E-state index in [1.165, 1.54) is 32.6 Å². The summed E-state index contributed by atoms with van der Waals surface area (Å²) >= 11 is 0. The van der Waals surface area contributed by atoms with E-state index < -0.39 is 23.0 Å². The van der Waals surface area contributed by atoms with Gasteiger partial charge >= 0.3 is 0 Å². The van der Waals surface area contributed by atoms with Gasteiger partial charge in [0.1, 0.15) is 17.0 Å². The Kier molecular flexibility index (Phi) is 6.97. The average molecular weight is 487 g/mol. The molecule has 35 heavy (non-hydrogen) atoms. The van der Waals surface area contributed by atoms with Crippen LogP contribution in [0.25, 0.3) is 11.0 Å². The molecule has 11 heteroatoms. The number of aromatic nitrogens is 1. The van der Waals surface area contributed by atoms with E-state index in [9.17, 15) is 18.4 Å². The fraction of sp³-hybridized carbons (Fsp3) is 0.292. The minimum atomic E-state index is -1.17. The summed E-state index contributed by atoms with van der Waals surface area (Å²) in [5, 5.41) is 6.49. The van der Waals surface area contributed by atoms with E-state index in [0.717, 1.165) is 6.07 Å². The molecule has 0 aliphatic carbocycles. The second-order valence-electron chi connectivity index (χ2n) is 7.76. The molecule has 1 amide bonds. The van der Waals surface area contributed by atoms with Gasteiger partial charge in [-0.25, -0.2) is 13.8 Å². The number of carbonyl (C=O) groups is 2. The second kappa shape index (κ2) is 10.1. The maximum absolute atomic E-state index is 14.8. The number of benzene rings is 1. The maximum Gasteiger partial charge on any atom is 0.243 e. The monoisotopic (exact) mass is 487 g/mol. The van der Waals surface area contributed by atoms with Crippen LogP contribution in [-0.2, 0) is 9.53 Å². The fourth-order valence-corrected chi connectivity index (χ4v) is 3.82. The van der Waals surface area contributed by atoms with Crippen LogP contribution in [0, 0.1) is 11.6 Å². The van der Waals surface area contributed by atoms with Crippen LogP contribution in [0.3, 0.4) is 0 Å². The van der Waals surface area contributed by atoms with E-state index in [-0.39, 0.29) is 40.8 Å². The highest BCUT2D eigenvalue weighted by molar-refractivity contribution is 6.09. The van der Waals surface area contributed by atoms with E-state index in [1.54, 1.807) is 6.07 Å². The third-order valence-corrected chi connectivity index (χ3v) is 5.63. The van der Waals surface area contributed by atoms with E-state index in [2.05, 4.69) is 22.2 Å². The van der Waals surface area contributed by atoms with Crippen LogP contribution in [0.1, 0.15) is 22.5 Å². The first-order chi connectivity index (χ1) is 16.9. The molecule has 9 nitrogen and oxygen atoms in total. The van der Waals surface area contributed by atoms with Crippen molar-refractivity contribution in [1.82, 2.24) is 10.3 Å². The third kappa shape index (κ3) is 4.80. The number of furan rings is 1. The van der Waals surface area contributed by atoms with Gasteiger partial charge in [0.05, 0.1) is 32.9 Å². The lowest BCUT2D eigenvalue weighted by Crippen LogP contribution is -2.52. The van der Waals surface area contributed by atoms with Crippen molar-refractivity contribution >= 4 is 28.5 Å². The number of hydrogen-bond donors (Lipinski definition) is 2. The molecule has 2 unspecified atom stereocenters. The summed E-state index contributed by atoms with van der Waals surface area (Å²) in [7, 11) is 2.38. The molecule has 1 aliphatic heterocycles. The Balaban J connectivity index is 1.62. The largest absolute Gasteiger partial charge is 0.494 e. The van der Waals surface area contributed by atoms with Gasteiger partial charge in [-0.3, -0.25) is 9.59 Å². The van der Waals surface area contributed by atoms with Crippen LogP contribution in [0.15, 0.2) is 41.5 Å². The summed E-state index contributed by atoms with van der Waals surface area (Å²) in [5.74, 6) is -4.22. The number of nitrogens with zero attached hydrogens (tertiary/aromatic N) is 1. The lowest BCUT2D eigenvalue weighted by Gasteiger charge is -2.32. The van der Waals surface area contributed by atoms with E-state index in [0.29, 0.717) is 30.8 Å². The number of amides is 1. The topological polar surface area (TPSA) is 112 Å². The predicted octanol–water partition coefficient (Wildman–Crippen LogP) is 3.23. The van der Waals surface area contributed by atoms with Crippen molar-refractivity contribution in [2.45, 2.75) is 18.5 Å². The Hall–Kier alpha value is -3.99. The van der Waals surface area contributed by atoms with Crippen LogP contribution in [-0.4, -0.2) is 56.2 Å². The summed E-state index contributed by atoms with van der Waals surface area (Å²) in [6, 6.07) is 3.42. The van der Waals surface area contributed by atoms with E-state index in [1.807, 2.05) is 0 Å². The first kappa shape index (κ1) is 24.1. The molecule has 2 aromatic heterocycles. The lowest BCUT2D eigenvalue weighted by atomic mass is 10.0. The van der Waals surface area contributed by atoms with Crippen molar-refractivity contribution in [3.63, 3.8) is 0 Å². The van der Waals surface area contributed by atoms with Crippen LogP contribution in [0.5, 0.6) is 11.5 Å². The van der Waals surface area contributed by atoms with Crippen molar-refractivity contribution < 1.29 is 37.0 Å². The Morgan fingerprint density at radius 3 is 2.51 bits per heavy atom. The van der Waals surface area contributed by atoms with Gasteiger partial charge in [-0.05, 0) is 18.6 Å². The number of ketones is 1. The Bertz CT molecular complexity index is 1260. The summed E-state index contributed by atoms with van der Waals surface area (Å²) in [4.78, 5) is 29.0. The van der Waals surface area contributed by atoms with Crippen molar-refractivity contribution in [3.05, 3.63) is 60.0 Å². The Morgan fingerprint density at radius 1 is 1.14 bits per heavy atom. The van der Waals surface area contributed by atoms with Crippen molar-refractivity contribution in [2.75, 3.05) is 32.8 Å². The van der Waals surface area contributed by atoms with Gasteiger partial charge in [-0.15, -0.1) is 0 Å². The number of hydrogen-bond acceptors (Lipinski definition) is 8. The van der Waals surface area contributed by atoms with Crippen LogP contribution >= 0.6 is 0 Å². The van der Waals surface area contributed by atoms with E-state index >= 15 is 0 Å². The molecule has 0 bridgehead atoms. The fourth-order valence-electron chi connectivity index (χ4n) is 3.82. The molecule has 184 valence electrons. The van der Waals surface area contributed by atoms with Gasteiger partial charge < -0.3 is 29.3 Å². The highest BCUT2D eigenvalue weighted by atomic mass is 19.1. The molecule has 2 N–H and O–H groups in total. The standard InChI is InChI=1S/C24H23F2N3O6/c1-4-20(30)29-13-5-6-34-11-14(13)28-19-9-15-12(10-27-19)7-18(35-15)24(31)21-22(25)16(32-2)8-17(33-3)23(21)26/h4,7-10,13-14H,1,5-6,11H2,2-3H3,(H,27,28)(H,29,30). The number of nitrogens with one attached hydrogen (secondary N) is 2. The molecule has 0 saturated carbocycles. The van der Waals surface area contributed by atoms with Gasteiger partial charge in [0.2, 0.25) is 11.7 Å². The van der Waals surface area contributed by atoms with Gasteiger partial charge in [0.25, 0.3) is 0 Å². The number of rotatable bonds is 8. The molecule has 1 aromatic carbocycles. The number of pyridine rings is 1. The quantitative estimate of drug-likeness (QED) is 0.368. The molecule has 2 atom stereocenters. The molecular formula is C24H23F2N3O6. The SMILES string of the molecule is C=CC(=O)NC1CCOCC1Nc1cc2oc(C(=O)c3c(F)c(OC)cc(OC)c3F)cc2cn1. The first-order valence-electron chi connectivity index (χ1n) is 10.7. The maximum atomic E-state index is 14.8. The van der Waals surface area contributed by atoms with Crippen molar-refractivity contribution in [1.29, 1.82) is 0 Å². The smallest absolute Gasteiger partial charge is 0.243 e. The average Bonchev–Trinajstić information content (AvgIpc) is 3.29. The highest BCUT2D eigenvalue weighted by Crippen LogP contribution is 2.33. The van der Waals surface area contributed by atoms with Crippen molar-refractivity contribution in [2.24, 2.45) is 0 Å². The lowest BCUT2D eigenvalue weighted by molar-refractivity contribution is -0.117. The Morgan fingerprint density at radius 2 is 1.86 bits per heavy atom. The van der Waals surface area contributed by atoms with Crippen LogP contribution in [0.2, 0.25) is 0 Å². The molecule has 0 spiro atoms. The zero-order valence-electron chi connectivity index (χ0n) is 19.0. The number of anilines is 1. The van der Waals surface area contributed by atoms with Crippen LogP contribution in [0.4, 0.5) is 14.6 Å². The Labute approximate surface area is 199 Å². The zero-order chi connectivity index (χ0) is 25.1. The summed E-state index contributed by atoms with van der Waals surface area (Å²) in [6.45, 7) is 4.29. The van der Waals surface area contributed by atoms with Gasteiger partial charge in [0.15, 0.2) is 28.9 Å². The number of carbonyl (C=O) groups excluding carboxylic acids is 2. The molecule has 4 rings (SSSR count). The minimum Gasteiger partial charge on any atom is -0.494 e. The van der Waals surface area contributed by atoms with Gasteiger partial charge in [0, 0.05) is 30.3 Å². The molecule has 0 radical (unpaired) electrons. The first-order valence-corrected chi connectivity index (χ1v) is 10.7. The van der Waals surface area contributed by atoms with Crippen LogP contribution < -0.4 is 20.1 Å². The minimum absolute atomic E-state index is 0.213. The zero-order valence-corrected chi connectivity index (χ0v) is 19.0. The molecule has 1 fully saturated rings. The summed E-state index contributed by atoms with van der Waals surface area (Å²) < 4.78 is 50.4.